The normalized spacial score (nSPS) is 18.2. The lowest BCUT2D eigenvalue weighted by Gasteiger charge is -2.27. The van der Waals surface area contributed by atoms with E-state index >= 15 is 0 Å². The maximum Gasteiger partial charge on any atom is 0.306 e. The van der Waals surface area contributed by atoms with E-state index in [-0.39, 0.29) is 11.8 Å². The molecule has 2 unspecified atom stereocenters. The molecule has 0 aliphatic carbocycles. The summed E-state index contributed by atoms with van der Waals surface area (Å²) in [5, 5.41) is 11.9. The standard InChI is InChI=1S/C18H25NO4/c1-12(18(21)22)11-14-3-5-16(6-4-14)19-17(20)13(2)15-7-9-23-10-8-15/h3-6,12-13,15H,7-11H2,1-2H3,(H,19,20)(H,21,22). The van der Waals surface area contributed by atoms with Gasteiger partial charge in [0.25, 0.3) is 0 Å². The van der Waals surface area contributed by atoms with Crippen molar-refractivity contribution in [2.75, 3.05) is 18.5 Å². The number of carbonyl (C=O) groups is 2. The summed E-state index contributed by atoms with van der Waals surface area (Å²) < 4.78 is 5.34. The first kappa shape index (κ1) is 17.5. The molecule has 23 heavy (non-hydrogen) atoms. The Hall–Kier alpha value is -1.88. The molecule has 1 aromatic rings. The van der Waals surface area contributed by atoms with Crippen LogP contribution in [-0.4, -0.2) is 30.2 Å². The number of hydrogen-bond donors (Lipinski definition) is 2. The molecule has 1 fully saturated rings. The van der Waals surface area contributed by atoms with Crippen LogP contribution in [0.15, 0.2) is 24.3 Å². The van der Waals surface area contributed by atoms with Crippen LogP contribution in [0.25, 0.3) is 0 Å². The van der Waals surface area contributed by atoms with Crippen LogP contribution in [0.1, 0.15) is 32.3 Å². The SMILES string of the molecule is CC(Cc1ccc(NC(=O)C(C)C2CCOCC2)cc1)C(=O)O. The molecule has 0 aromatic heterocycles. The van der Waals surface area contributed by atoms with E-state index in [1.165, 1.54) is 0 Å². The second kappa shape index (κ2) is 8.11. The molecule has 1 aromatic carbocycles. The van der Waals surface area contributed by atoms with Gasteiger partial charge in [-0.25, -0.2) is 0 Å². The molecule has 1 heterocycles. The summed E-state index contributed by atoms with van der Waals surface area (Å²) in [6.45, 7) is 5.12. The lowest BCUT2D eigenvalue weighted by atomic mass is 9.86. The summed E-state index contributed by atoms with van der Waals surface area (Å²) in [6, 6.07) is 7.40. The Morgan fingerprint density at radius 3 is 2.39 bits per heavy atom. The number of nitrogens with one attached hydrogen (secondary N) is 1. The third-order valence-corrected chi connectivity index (χ3v) is 4.57. The molecule has 2 rings (SSSR count). The molecule has 1 aliphatic rings. The van der Waals surface area contributed by atoms with E-state index in [2.05, 4.69) is 5.32 Å². The number of benzene rings is 1. The fourth-order valence-corrected chi connectivity index (χ4v) is 2.85. The first-order valence-corrected chi connectivity index (χ1v) is 8.17. The van der Waals surface area contributed by atoms with Crippen molar-refractivity contribution in [1.82, 2.24) is 0 Å². The van der Waals surface area contributed by atoms with Gasteiger partial charge >= 0.3 is 5.97 Å². The van der Waals surface area contributed by atoms with Gasteiger partial charge in [-0.2, -0.15) is 0 Å². The molecule has 2 atom stereocenters. The van der Waals surface area contributed by atoms with E-state index in [0.717, 1.165) is 37.3 Å². The van der Waals surface area contributed by atoms with Crippen molar-refractivity contribution in [2.24, 2.45) is 17.8 Å². The Balaban J connectivity index is 1.89. The number of carboxylic acids is 1. The molecule has 1 amide bonds. The third-order valence-electron chi connectivity index (χ3n) is 4.57. The first-order chi connectivity index (χ1) is 11.0. The van der Waals surface area contributed by atoms with Gasteiger partial charge in [0.05, 0.1) is 5.92 Å². The minimum Gasteiger partial charge on any atom is -0.481 e. The Morgan fingerprint density at radius 1 is 1.22 bits per heavy atom. The zero-order valence-electron chi connectivity index (χ0n) is 13.7. The Labute approximate surface area is 137 Å². The fourth-order valence-electron chi connectivity index (χ4n) is 2.85. The van der Waals surface area contributed by atoms with Crippen LogP contribution < -0.4 is 5.32 Å². The number of carbonyl (C=O) groups excluding carboxylic acids is 1. The molecule has 0 saturated carbocycles. The van der Waals surface area contributed by atoms with E-state index < -0.39 is 11.9 Å². The van der Waals surface area contributed by atoms with E-state index in [4.69, 9.17) is 9.84 Å². The zero-order chi connectivity index (χ0) is 16.8. The topological polar surface area (TPSA) is 75.6 Å². The quantitative estimate of drug-likeness (QED) is 0.845. The lowest BCUT2D eigenvalue weighted by Crippen LogP contribution is -2.30. The minimum absolute atomic E-state index is 0.0311. The summed E-state index contributed by atoms with van der Waals surface area (Å²) in [5.41, 5.74) is 1.70. The molecule has 1 aliphatic heterocycles. The molecular weight excluding hydrogens is 294 g/mol. The van der Waals surface area contributed by atoms with Gasteiger partial charge in [-0.15, -0.1) is 0 Å². The maximum absolute atomic E-state index is 12.3. The number of ether oxygens (including phenoxy) is 1. The summed E-state index contributed by atoms with van der Waals surface area (Å²) >= 11 is 0. The fraction of sp³-hybridized carbons (Fsp3) is 0.556. The van der Waals surface area contributed by atoms with Gasteiger partial charge in [-0.1, -0.05) is 26.0 Å². The summed E-state index contributed by atoms with van der Waals surface area (Å²) in [4.78, 5) is 23.2. The molecular formula is C18H25NO4. The number of aliphatic carboxylic acids is 1. The monoisotopic (exact) mass is 319 g/mol. The highest BCUT2D eigenvalue weighted by atomic mass is 16.5. The van der Waals surface area contributed by atoms with Gasteiger partial charge in [0.1, 0.15) is 0 Å². The van der Waals surface area contributed by atoms with Crippen LogP contribution >= 0.6 is 0 Å². The minimum atomic E-state index is -0.798. The number of amides is 1. The van der Waals surface area contributed by atoms with Crippen molar-refractivity contribution >= 4 is 17.6 Å². The van der Waals surface area contributed by atoms with Gasteiger partial charge in [-0.3, -0.25) is 9.59 Å². The van der Waals surface area contributed by atoms with Gasteiger partial charge in [0, 0.05) is 24.8 Å². The van der Waals surface area contributed by atoms with Crippen molar-refractivity contribution in [3.05, 3.63) is 29.8 Å². The average Bonchev–Trinajstić information content (AvgIpc) is 2.56. The summed E-state index contributed by atoms with van der Waals surface area (Å²) in [5.74, 6) is -0.842. The number of carboxylic acid groups (broad SMARTS) is 1. The van der Waals surface area contributed by atoms with Crippen molar-refractivity contribution in [3.63, 3.8) is 0 Å². The number of anilines is 1. The van der Waals surface area contributed by atoms with Gasteiger partial charge in [-0.05, 0) is 42.9 Å². The summed E-state index contributed by atoms with van der Waals surface area (Å²) in [7, 11) is 0. The average molecular weight is 319 g/mol. The molecule has 0 radical (unpaired) electrons. The maximum atomic E-state index is 12.3. The Morgan fingerprint density at radius 2 is 1.83 bits per heavy atom. The van der Waals surface area contributed by atoms with E-state index in [1.54, 1.807) is 6.92 Å². The molecule has 0 bridgehead atoms. The molecule has 2 N–H and O–H groups in total. The van der Waals surface area contributed by atoms with Gasteiger partial charge in [0.15, 0.2) is 0 Å². The van der Waals surface area contributed by atoms with Crippen LogP contribution in [0, 0.1) is 17.8 Å². The molecule has 5 heteroatoms. The van der Waals surface area contributed by atoms with Crippen molar-refractivity contribution in [2.45, 2.75) is 33.1 Å². The van der Waals surface area contributed by atoms with E-state index in [1.807, 2.05) is 31.2 Å². The van der Waals surface area contributed by atoms with Gasteiger partial charge < -0.3 is 15.2 Å². The Kier molecular flexibility index (Phi) is 6.16. The smallest absolute Gasteiger partial charge is 0.306 e. The van der Waals surface area contributed by atoms with E-state index in [9.17, 15) is 9.59 Å². The van der Waals surface area contributed by atoms with E-state index in [0.29, 0.717) is 12.3 Å². The van der Waals surface area contributed by atoms with Crippen LogP contribution in [0.2, 0.25) is 0 Å². The third kappa shape index (κ3) is 5.06. The van der Waals surface area contributed by atoms with Crippen molar-refractivity contribution in [1.29, 1.82) is 0 Å². The number of hydrogen-bond acceptors (Lipinski definition) is 3. The zero-order valence-corrected chi connectivity index (χ0v) is 13.7. The lowest BCUT2D eigenvalue weighted by molar-refractivity contribution is -0.141. The van der Waals surface area contributed by atoms with Crippen LogP contribution in [0.4, 0.5) is 5.69 Å². The van der Waals surface area contributed by atoms with Gasteiger partial charge in [0.2, 0.25) is 5.91 Å². The summed E-state index contributed by atoms with van der Waals surface area (Å²) in [6.07, 6.45) is 2.35. The molecule has 1 saturated heterocycles. The predicted octanol–water partition coefficient (Wildman–Crippen LogP) is 2.95. The highest BCUT2D eigenvalue weighted by Gasteiger charge is 2.25. The second-order valence-corrected chi connectivity index (χ2v) is 6.37. The Bertz CT molecular complexity index is 534. The second-order valence-electron chi connectivity index (χ2n) is 6.37. The molecule has 5 nitrogen and oxygen atoms in total. The predicted molar refractivity (Wildman–Crippen MR) is 88.3 cm³/mol. The largest absolute Gasteiger partial charge is 0.481 e. The molecule has 0 spiro atoms. The first-order valence-electron chi connectivity index (χ1n) is 8.17. The highest BCUT2D eigenvalue weighted by molar-refractivity contribution is 5.92. The van der Waals surface area contributed by atoms with Crippen LogP contribution in [0.5, 0.6) is 0 Å². The van der Waals surface area contributed by atoms with Crippen LogP contribution in [-0.2, 0) is 20.7 Å². The highest BCUT2D eigenvalue weighted by Crippen LogP contribution is 2.25. The van der Waals surface area contributed by atoms with Crippen LogP contribution in [0.3, 0.4) is 0 Å². The number of rotatable bonds is 6. The van der Waals surface area contributed by atoms with Crippen molar-refractivity contribution in [3.8, 4) is 0 Å². The molecule has 126 valence electrons. The van der Waals surface area contributed by atoms with Crippen molar-refractivity contribution < 1.29 is 19.4 Å².